The molecule has 0 amide bonds. The summed E-state index contributed by atoms with van der Waals surface area (Å²) in [5, 5.41) is 10.6. The fourth-order valence-corrected chi connectivity index (χ4v) is 2.42. The molecule has 0 aliphatic rings. The highest BCUT2D eigenvalue weighted by Gasteiger charge is 2.22. The van der Waals surface area contributed by atoms with Gasteiger partial charge in [0.25, 0.3) is 0 Å². The normalized spacial score (nSPS) is 13.5. The number of aliphatic hydroxyl groups is 1. The van der Waals surface area contributed by atoms with Crippen LogP contribution in [0.15, 0.2) is 48.5 Å². The van der Waals surface area contributed by atoms with Gasteiger partial charge in [0.2, 0.25) is 0 Å². The molecule has 0 bridgehead atoms. The molecule has 0 aromatic heterocycles. The molecule has 2 atom stereocenters. The van der Waals surface area contributed by atoms with Gasteiger partial charge in [-0.15, -0.1) is 0 Å². The zero-order valence-corrected chi connectivity index (χ0v) is 12.3. The smallest absolute Gasteiger partial charge is 0.161 e. The zero-order valence-electron chi connectivity index (χ0n) is 12.3. The summed E-state index contributed by atoms with van der Waals surface area (Å²) in [6, 6.07) is 15.2. The van der Waals surface area contributed by atoms with Crippen LogP contribution in [-0.2, 0) is 0 Å². The fourth-order valence-electron chi connectivity index (χ4n) is 2.42. The van der Waals surface area contributed by atoms with E-state index >= 15 is 0 Å². The summed E-state index contributed by atoms with van der Waals surface area (Å²) in [6.07, 6.45) is -0.697. The minimum absolute atomic E-state index is 0.163. The van der Waals surface area contributed by atoms with Crippen LogP contribution >= 0.6 is 0 Å². The third-order valence-corrected chi connectivity index (χ3v) is 3.61. The van der Waals surface area contributed by atoms with Crippen LogP contribution in [0, 0.1) is 0 Å². The molecule has 0 aliphatic carbocycles. The second-order valence-corrected chi connectivity index (χ2v) is 4.81. The highest BCUT2D eigenvalue weighted by atomic mass is 16.5. The summed E-state index contributed by atoms with van der Waals surface area (Å²) >= 11 is 0. The summed E-state index contributed by atoms with van der Waals surface area (Å²) in [5.74, 6) is 1.07. The average molecular weight is 287 g/mol. The largest absolute Gasteiger partial charge is 0.493 e. The average Bonchev–Trinajstić information content (AvgIpc) is 2.55. The molecular weight excluding hydrogens is 266 g/mol. The van der Waals surface area contributed by atoms with Crippen LogP contribution in [-0.4, -0.2) is 25.9 Å². The van der Waals surface area contributed by atoms with Crippen LogP contribution in [0.25, 0.3) is 0 Å². The van der Waals surface area contributed by atoms with E-state index in [1.165, 1.54) is 0 Å². The van der Waals surface area contributed by atoms with Crippen molar-refractivity contribution >= 4 is 0 Å². The van der Waals surface area contributed by atoms with Crippen LogP contribution in [0.5, 0.6) is 11.5 Å². The third-order valence-electron chi connectivity index (χ3n) is 3.61. The van der Waals surface area contributed by atoms with E-state index in [9.17, 15) is 5.11 Å². The fraction of sp³-hybridized carbons (Fsp3) is 0.294. The number of hydrogen-bond donors (Lipinski definition) is 2. The van der Waals surface area contributed by atoms with Gasteiger partial charge in [-0.25, -0.2) is 0 Å². The van der Waals surface area contributed by atoms with Crippen LogP contribution in [0.3, 0.4) is 0 Å². The molecule has 0 heterocycles. The summed E-state index contributed by atoms with van der Waals surface area (Å²) in [6.45, 7) is 0.361. The maximum Gasteiger partial charge on any atom is 0.161 e. The van der Waals surface area contributed by atoms with Crippen molar-refractivity contribution in [3.63, 3.8) is 0 Å². The summed E-state index contributed by atoms with van der Waals surface area (Å²) in [5.41, 5.74) is 7.63. The molecule has 0 fully saturated rings. The van der Waals surface area contributed by atoms with Gasteiger partial charge in [0.05, 0.1) is 20.3 Å². The first-order valence-electron chi connectivity index (χ1n) is 6.86. The van der Waals surface area contributed by atoms with Crippen molar-refractivity contribution in [3.05, 3.63) is 59.7 Å². The van der Waals surface area contributed by atoms with Gasteiger partial charge in [-0.3, -0.25) is 0 Å². The van der Waals surface area contributed by atoms with Crippen LogP contribution < -0.4 is 15.2 Å². The Morgan fingerprint density at radius 2 is 1.62 bits per heavy atom. The lowest BCUT2D eigenvalue weighted by atomic mass is 9.89. The molecule has 2 aromatic rings. The minimum Gasteiger partial charge on any atom is -0.493 e. The Labute approximate surface area is 125 Å². The van der Waals surface area contributed by atoms with Crippen molar-refractivity contribution in [2.24, 2.45) is 5.73 Å². The number of hydrogen-bond acceptors (Lipinski definition) is 4. The van der Waals surface area contributed by atoms with Crippen molar-refractivity contribution in [2.75, 3.05) is 20.8 Å². The van der Waals surface area contributed by atoms with E-state index in [0.717, 1.165) is 11.1 Å². The molecule has 112 valence electrons. The number of ether oxygens (including phenoxy) is 2. The minimum atomic E-state index is -0.697. The first-order valence-corrected chi connectivity index (χ1v) is 6.86. The third kappa shape index (κ3) is 3.35. The quantitative estimate of drug-likeness (QED) is 0.856. The van der Waals surface area contributed by atoms with E-state index < -0.39 is 6.10 Å². The Balaban J connectivity index is 2.31. The molecule has 0 saturated heterocycles. The summed E-state index contributed by atoms with van der Waals surface area (Å²) in [7, 11) is 3.16. The molecule has 0 aliphatic heterocycles. The molecule has 2 rings (SSSR count). The Bertz CT molecular complexity index is 572. The summed E-state index contributed by atoms with van der Waals surface area (Å²) in [4.78, 5) is 0. The number of rotatable bonds is 6. The Kier molecular flexibility index (Phi) is 5.20. The van der Waals surface area contributed by atoms with E-state index in [1.807, 2.05) is 36.4 Å². The molecule has 2 unspecified atom stereocenters. The predicted molar refractivity (Wildman–Crippen MR) is 82.7 cm³/mol. The van der Waals surface area contributed by atoms with Gasteiger partial charge in [-0.1, -0.05) is 36.4 Å². The number of aliphatic hydroxyl groups excluding tert-OH is 1. The van der Waals surface area contributed by atoms with Crippen LogP contribution in [0.2, 0.25) is 0 Å². The van der Waals surface area contributed by atoms with Gasteiger partial charge in [-0.05, 0) is 23.3 Å². The molecule has 0 radical (unpaired) electrons. The van der Waals surface area contributed by atoms with E-state index in [1.54, 1.807) is 26.4 Å². The number of benzene rings is 2. The van der Waals surface area contributed by atoms with Crippen molar-refractivity contribution < 1.29 is 14.6 Å². The molecular formula is C17H21NO3. The van der Waals surface area contributed by atoms with Crippen molar-refractivity contribution in [1.29, 1.82) is 0 Å². The Morgan fingerprint density at radius 3 is 2.19 bits per heavy atom. The lowest BCUT2D eigenvalue weighted by Gasteiger charge is -2.23. The Morgan fingerprint density at radius 1 is 0.952 bits per heavy atom. The topological polar surface area (TPSA) is 64.7 Å². The second-order valence-electron chi connectivity index (χ2n) is 4.81. The predicted octanol–water partition coefficient (Wildman–Crippen LogP) is 2.48. The lowest BCUT2D eigenvalue weighted by molar-refractivity contribution is 0.147. The van der Waals surface area contributed by atoms with E-state index in [0.29, 0.717) is 18.0 Å². The highest BCUT2D eigenvalue weighted by Crippen LogP contribution is 2.35. The SMILES string of the molecule is COc1ccc(C(O)C(CN)c2ccccc2)cc1OC. The lowest BCUT2D eigenvalue weighted by Crippen LogP contribution is -2.20. The van der Waals surface area contributed by atoms with Crippen molar-refractivity contribution in [2.45, 2.75) is 12.0 Å². The first-order chi connectivity index (χ1) is 10.2. The van der Waals surface area contributed by atoms with Gasteiger partial charge in [0, 0.05) is 12.5 Å². The van der Waals surface area contributed by atoms with E-state index in [-0.39, 0.29) is 5.92 Å². The maximum atomic E-state index is 10.6. The molecule has 21 heavy (non-hydrogen) atoms. The van der Waals surface area contributed by atoms with Gasteiger partial charge < -0.3 is 20.3 Å². The molecule has 4 nitrogen and oxygen atoms in total. The van der Waals surface area contributed by atoms with Gasteiger partial charge in [0.15, 0.2) is 11.5 Å². The van der Waals surface area contributed by atoms with Gasteiger partial charge in [-0.2, -0.15) is 0 Å². The monoisotopic (exact) mass is 287 g/mol. The Hall–Kier alpha value is -2.04. The van der Waals surface area contributed by atoms with Gasteiger partial charge in [0.1, 0.15) is 0 Å². The van der Waals surface area contributed by atoms with E-state index in [4.69, 9.17) is 15.2 Å². The molecule has 0 saturated carbocycles. The van der Waals surface area contributed by atoms with Gasteiger partial charge >= 0.3 is 0 Å². The standard InChI is InChI=1S/C17H21NO3/c1-20-15-9-8-13(10-16(15)21-2)17(19)14(11-18)12-6-4-3-5-7-12/h3-10,14,17,19H,11,18H2,1-2H3. The molecule has 2 aromatic carbocycles. The maximum absolute atomic E-state index is 10.6. The van der Waals surface area contributed by atoms with Crippen molar-refractivity contribution in [3.8, 4) is 11.5 Å². The highest BCUT2D eigenvalue weighted by molar-refractivity contribution is 5.44. The molecule has 3 N–H and O–H groups in total. The van der Waals surface area contributed by atoms with E-state index in [2.05, 4.69) is 0 Å². The van der Waals surface area contributed by atoms with Crippen LogP contribution in [0.1, 0.15) is 23.1 Å². The molecule has 0 spiro atoms. The summed E-state index contributed by atoms with van der Waals surface area (Å²) < 4.78 is 10.5. The second kappa shape index (κ2) is 7.11. The molecule has 4 heteroatoms. The number of methoxy groups -OCH3 is 2. The van der Waals surface area contributed by atoms with Crippen molar-refractivity contribution in [1.82, 2.24) is 0 Å². The van der Waals surface area contributed by atoms with Crippen LogP contribution in [0.4, 0.5) is 0 Å². The number of nitrogens with two attached hydrogens (primary N) is 1. The first kappa shape index (κ1) is 15.4. The zero-order chi connectivity index (χ0) is 15.2.